The summed E-state index contributed by atoms with van der Waals surface area (Å²) in [5, 5.41) is 7.40. The minimum absolute atomic E-state index is 0.0300. The fourth-order valence-electron chi connectivity index (χ4n) is 1.66. The van der Waals surface area contributed by atoms with E-state index in [0.29, 0.717) is 24.2 Å². The topological polar surface area (TPSA) is 71.1 Å². The highest BCUT2D eigenvalue weighted by Gasteiger charge is 2.04. The Balaban J connectivity index is 1.82. The summed E-state index contributed by atoms with van der Waals surface area (Å²) in [5.41, 5.74) is 3.91. The van der Waals surface area contributed by atoms with Crippen LogP contribution in [0.25, 0.3) is 0 Å². The van der Waals surface area contributed by atoms with Crippen LogP contribution in [-0.2, 0) is 6.42 Å². The van der Waals surface area contributed by atoms with Crippen molar-refractivity contribution in [3.05, 3.63) is 46.4 Å². The molecule has 0 spiro atoms. The molecule has 20 heavy (non-hydrogen) atoms. The first kappa shape index (κ1) is 14.2. The third-order valence-corrected chi connectivity index (χ3v) is 3.31. The molecule has 0 bridgehead atoms. The first-order valence-electron chi connectivity index (χ1n) is 6.18. The average Bonchev–Trinajstić information content (AvgIpc) is 2.92. The molecule has 0 unspecified atom stereocenters. The van der Waals surface area contributed by atoms with Crippen LogP contribution < -0.4 is 10.6 Å². The van der Waals surface area contributed by atoms with Crippen molar-refractivity contribution in [3.63, 3.8) is 0 Å². The van der Waals surface area contributed by atoms with E-state index in [1.54, 1.807) is 29.8 Å². The molecule has 2 amide bonds. The molecular formula is C14H15N3O2S. The van der Waals surface area contributed by atoms with Gasteiger partial charge in [-0.05, 0) is 19.1 Å². The fraction of sp³-hybridized carbons (Fsp3) is 0.214. The Morgan fingerprint density at radius 3 is 2.90 bits per heavy atom. The maximum atomic E-state index is 11.7. The number of thiazole rings is 1. The van der Waals surface area contributed by atoms with Crippen LogP contribution in [-0.4, -0.2) is 23.3 Å². The van der Waals surface area contributed by atoms with Crippen molar-refractivity contribution in [1.29, 1.82) is 0 Å². The second-order valence-electron chi connectivity index (χ2n) is 4.25. The number of anilines is 1. The molecule has 0 aliphatic heterocycles. The molecule has 0 atom stereocenters. The Morgan fingerprint density at radius 2 is 2.20 bits per heavy atom. The largest absolute Gasteiger partial charge is 0.337 e. The summed E-state index contributed by atoms with van der Waals surface area (Å²) in [5.74, 6) is -0.0300. The van der Waals surface area contributed by atoms with E-state index in [-0.39, 0.29) is 11.8 Å². The number of carbonyl (C=O) groups is 2. The first-order valence-corrected chi connectivity index (χ1v) is 7.12. The lowest BCUT2D eigenvalue weighted by atomic mass is 10.1. The lowest BCUT2D eigenvalue weighted by Crippen LogP contribution is -2.30. The van der Waals surface area contributed by atoms with Gasteiger partial charge in [0.1, 0.15) is 0 Å². The van der Waals surface area contributed by atoms with E-state index < -0.39 is 0 Å². The maximum Gasteiger partial charge on any atom is 0.319 e. The number of hydrogen-bond donors (Lipinski definition) is 2. The van der Waals surface area contributed by atoms with E-state index in [1.165, 1.54) is 18.3 Å². The molecule has 0 aliphatic carbocycles. The summed E-state index contributed by atoms with van der Waals surface area (Å²) in [6, 6.07) is 6.56. The number of ketones is 1. The second kappa shape index (κ2) is 6.81. The predicted octanol–water partition coefficient (Wildman–Crippen LogP) is 2.71. The number of hydrogen-bond acceptors (Lipinski definition) is 4. The second-order valence-corrected chi connectivity index (χ2v) is 4.97. The van der Waals surface area contributed by atoms with Crippen LogP contribution in [0.15, 0.2) is 35.2 Å². The monoisotopic (exact) mass is 289 g/mol. The number of carbonyl (C=O) groups excluding carboxylic acids is 2. The van der Waals surface area contributed by atoms with Gasteiger partial charge in [0, 0.05) is 29.6 Å². The Morgan fingerprint density at radius 1 is 1.35 bits per heavy atom. The number of aromatic nitrogens is 1. The Kier molecular flexibility index (Phi) is 4.84. The molecule has 1 heterocycles. The number of Topliss-reactive ketones (excluding diaryl/α,β-unsaturated/α-hetero) is 1. The van der Waals surface area contributed by atoms with E-state index in [2.05, 4.69) is 15.6 Å². The SMILES string of the molecule is CC(=O)c1cccc(NC(=O)NCCc2cscn2)c1. The summed E-state index contributed by atoms with van der Waals surface area (Å²) >= 11 is 1.53. The van der Waals surface area contributed by atoms with Gasteiger partial charge in [-0.3, -0.25) is 4.79 Å². The molecule has 0 radical (unpaired) electrons. The zero-order chi connectivity index (χ0) is 14.4. The van der Waals surface area contributed by atoms with Gasteiger partial charge in [-0.2, -0.15) is 0 Å². The molecule has 5 nitrogen and oxygen atoms in total. The first-order chi connectivity index (χ1) is 9.65. The molecule has 0 saturated carbocycles. The van der Waals surface area contributed by atoms with Crippen LogP contribution in [0.2, 0.25) is 0 Å². The smallest absolute Gasteiger partial charge is 0.319 e. The molecule has 6 heteroatoms. The molecule has 1 aromatic heterocycles. The molecular weight excluding hydrogens is 274 g/mol. The van der Waals surface area contributed by atoms with E-state index in [0.717, 1.165) is 5.69 Å². The molecule has 2 aromatic rings. The average molecular weight is 289 g/mol. The van der Waals surface area contributed by atoms with Gasteiger partial charge in [-0.25, -0.2) is 9.78 Å². The van der Waals surface area contributed by atoms with Crippen LogP contribution in [0.4, 0.5) is 10.5 Å². The molecule has 1 aromatic carbocycles. The van der Waals surface area contributed by atoms with E-state index in [4.69, 9.17) is 0 Å². The summed E-state index contributed by atoms with van der Waals surface area (Å²) in [6.45, 7) is 2.01. The van der Waals surface area contributed by atoms with E-state index >= 15 is 0 Å². The Hall–Kier alpha value is -2.21. The predicted molar refractivity (Wildman–Crippen MR) is 79.3 cm³/mol. The van der Waals surface area contributed by atoms with Crippen molar-refractivity contribution in [3.8, 4) is 0 Å². The number of rotatable bonds is 5. The van der Waals surface area contributed by atoms with Gasteiger partial charge in [-0.15, -0.1) is 11.3 Å². The van der Waals surface area contributed by atoms with Crippen LogP contribution in [0.3, 0.4) is 0 Å². The van der Waals surface area contributed by atoms with Gasteiger partial charge in [0.25, 0.3) is 0 Å². The van der Waals surface area contributed by atoms with Gasteiger partial charge < -0.3 is 10.6 Å². The van der Waals surface area contributed by atoms with Crippen molar-refractivity contribution in [2.45, 2.75) is 13.3 Å². The number of benzene rings is 1. The van der Waals surface area contributed by atoms with Crippen LogP contribution in [0, 0.1) is 0 Å². The van der Waals surface area contributed by atoms with Gasteiger partial charge in [0.2, 0.25) is 0 Å². The zero-order valence-electron chi connectivity index (χ0n) is 11.1. The van der Waals surface area contributed by atoms with Crippen LogP contribution in [0.5, 0.6) is 0 Å². The van der Waals surface area contributed by atoms with Crippen molar-refractivity contribution in [1.82, 2.24) is 10.3 Å². The minimum Gasteiger partial charge on any atom is -0.337 e. The molecule has 0 fully saturated rings. The molecule has 2 N–H and O–H groups in total. The third kappa shape index (κ3) is 4.17. The number of amides is 2. The molecule has 2 rings (SSSR count). The van der Waals surface area contributed by atoms with Gasteiger partial charge in [0.15, 0.2) is 5.78 Å². The fourth-order valence-corrected chi connectivity index (χ4v) is 2.25. The van der Waals surface area contributed by atoms with E-state index in [1.807, 2.05) is 5.38 Å². The zero-order valence-corrected chi connectivity index (χ0v) is 11.9. The molecule has 0 saturated heterocycles. The lowest BCUT2D eigenvalue weighted by Gasteiger charge is -2.07. The summed E-state index contributed by atoms with van der Waals surface area (Å²) in [7, 11) is 0. The molecule has 104 valence electrons. The van der Waals surface area contributed by atoms with E-state index in [9.17, 15) is 9.59 Å². The van der Waals surface area contributed by atoms with Crippen molar-refractivity contribution in [2.75, 3.05) is 11.9 Å². The standard InChI is InChI=1S/C14H15N3O2S/c1-10(18)11-3-2-4-12(7-11)17-14(19)15-6-5-13-8-20-9-16-13/h2-4,7-9H,5-6H2,1H3,(H2,15,17,19). The highest BCUT2D eigenvalue weighted by atomic mass is 32.1. The van der Waals surface area contributed by atoms with Crippen molar-refractivity contribution < 1.29 is 9.59 Å². The quantitative estimate of drug-likeness (QED) is 0.831. The highest BCUT2D eigenvalue weighted by Crippen LogP contribution is 2.10. The van der Waals surface area contributed by atoms with Crippen LogP contribution in [0.1, 0.15) is 23.0 Å². The molecule has 0 aliphatic rings. The number of nitrogens with one attached hydrogen (secondary N) is 2. The van der Waals surface area contributed by atoms with Gasteiger partial charge >= 0.3 is 6.03 Å². The normalized spacial score (nSPS) is 10.1. The summed E-state index contributed by atoms with van der Waals surface area (Å²) in [6.07, 6.45) is 0.699. The highest BCUT2D eigenvalue weighted by molar-refractivity contribution is 7.07. The van der Waals surface area contributed by atoms with Crippen LogP contribution >= 0.6 is 11.3 Å². The minimum atomic E-state index is -0.291. The van der Waals surface area contributed by atoms with Gasteiger partial charge in [0.05, 0.1) is 11.2 Å². The van der Waals surface area contributed by atoms with Gasteiger partial charge in [-0.1, -0.05) is 12.1 Å². The number of urea groups is 1. The van der Waals surface area contributed by atoms with Crippen molar-refractivity contribution >= 4 is 28.8 Å². The third-order valence-electron chi connectivity index (χ3n) is 2.68. The number of nitrogens with zero attached hydrogens (tertiary/aromatic N) is 1. The maximum absolute atomic E-state index is 11.7. The lowest BCUT2D eigenvalue weighted by molar-refractivity contribution is 0.101. The Bertz CT molecular complexity index is 596. The summed E-state index contributed by atoms with van der Waals surface area (Å²) in [4.78, 5) is 27.1. The Labute approximate surface area is 121 Å². The summed E-state index contributed by atoms with van der Waals surface area (Å²) < 4.78 is 0. The van der Waals surface area contributed by atoms with Crippen molar-refractivity contribution in [2.24, 2.45) is 0 Å².